The molecular weight excluding hydrogens is 521 g/mol. The number of nitrogens with one attached hydrogen (secondary N) is 1. The lowest BCUT2D eigenvalue weighted by atomic mass is 9.98. The largest absolute Gasteiger partial charge is 0.496 e. The highest BCUT2D eigenvalue weighted by Crippen LogP contribution is 2.39. The van der Waals surface area contributed by atoms with Crippen molar-refractivity contribution in [1.82, 2.24) is 15.1 Å². The Labute approximate surface area is 221 Å². The number of aliphatic hydroxyl groups excluding tert-OH is 1. The molecule has 0 aliphatic carbocycles. The molecule has 3 amide bonds. The Bertz CT molecular complexity index is 1440. The number of likely N-dealkylation sites (tertiary alicyclic amines) is 1. The first-order valence-corrected chi connectivity index (χ1v) is 12.2. The average molecular weight is 546 g/mol. The maximum atomic E-state index is 14.5. The summed E-state index contributed by atoms with van der Waals surface area (Å²) in [6.07, 6.45) is -0.640. The van der Waals surface area contributed by atoms with Crippen molar-refractivity contribution < 1.29 is 37.8 Å². The van der Waals surface area contributed by atoms with Crippen molar-refractivity contribution in [2.24, 2.45) is 0 Å². The van der Waals surface area contributed by atoms with E-state index in [9.17, 15) is 23.9 Å². The van der Waals surface area contributed by atoms with Gasteiger partial charge in [0, 0.05) is 30.2 Å². The lowest BCUT2D eigenvalue weighted by molar-refractivity contribution is -0.145. The fourth-order valence-corrected chi connectivity index (χ4v) is 4.73. The Balaban J connectivity index is 1.48. The van der Waals surface area contributed by atoms with Gasteiger partial charge in [-0.2, -0.15) is 0 Å². The summed E-state index contributed by atoms with van der Waals surface area (Å²) in [5.74, 6) is -2.27. The summed E-state index contributed by atoms with van der Waals surface area (Å²) in [7, 11) is 1.39. The third-order valence-electron chi connectivity index (χ3n) is 6.86. The van der Waals surface area contributed by atoms with Crippen LogP contribution >= 0.6 is 11.6 Å². The van der Waals surface area contributed by atoms with Gasteiger partial charge in [-0.15, -0.1) is 0 Å². The number of nitrogens with zero attached hydrogens (tertiary/aromatic N) is 2. The van der Waals surface area contributed by atoms with Crippen LogP contribution in [0.3, 0.4) is 0 Å². The average Bonchev–Trinajstić information content (AvgIpc) is 3.19. The molecule has 0 spiro atoms. The molecule has 1 saturated heterocycles. The van der Waals surface area contributed by atoms with Crippen molar-refractivity contribution in [2.75, 3.05) is 33.4 Å². The van der Waals surface area contributed by atoms with Crippen LogP contribution in [0.25, 0.3) is 11.0 Å². The number of benzene rings is 2. The number of amides is 3. The molecule has 12 heteroatoms. The molecule has 0 radical (unpaired) electrons. The molecule has 0 saturated carbocycles. The van der Waals surface area contributed by atoms with Gasteiger partial charge in [0.2, 0.25) is 17.6 Å². The molecule has 1 aromatic heterocycles. The lowest BCUT2D eigenvalue weighted by Crippen LogP contribution is -2.64. The maximum Gasteiger partial charge on any atom is 0.295 e. The Morgan fingerprint density at radius 2 is 2.05 bits per heavy atom. The minimum absolute atomic E-state index is 0.108. The van der Waals surface area contributed by atoms with Crippen LogP contribution in [0.1, 0.15) is 23.0 Å². The van der Waals surface area contributed by atoms with E-state index in [0.717, 1.165) is 4.90 Å². The molecule has 2 N–H and O–H groups in total. The zero-order chi connectivity index (χ0) is 27.2. The van der Waals surface area contributed by atoms with E-state index in [1.165, 1.54) is 31.1 Å². The molecule has 3 heterocycles. The zero-order valence-electron chi connectivity index (χ0n) is 20.6. The van der Waals surface area contributed by atoms with Crippen LogP contribution < -0.4 is 14.8 Å². The number of halogens is 2. The normalized spacial score (nSPS) is 19.4. The lowest BCUT2D eigenvalue weighted by Gasteiger charge is -2.41. The van der Waals surface area contributed by atoms with Crippen LogP contribution in [0.4, 0.5) is 4.39 Å². The van der Waals surface area contributed by atoms with Crippen molar-refractivity contribution in [3.63, 3.8) is 0 Å². The molecule has 3 aromatic rings. The third-order valence-corrected chi connectivity index (χ3v) is 7.09. The molecule has 1 atom stereocenters. The number of ether oxygens (including phenoxy) is 2. The van der Waals surface area contributed by atoms with E-state index in [1.807, 2.05) is 0 Å². The molecule has 5 rings (SSSR count). The molecule has 2 aliphatic rings. The van der Waals surface area contributed by atoms with Crippen molar-refractivity contribution >= 4 is 40.3 Å². The minimum atomic E-state index is -1.69. The van der Waals surface area contributed by atoms with Crippen LogP contribution in [0, 0.1) is 5.82 Å². The highest BCUT2D eigenvalue weighted by molar-refractivity contribution is 6.31. The van der Waals surface area contributed by atoms with Crippen LogP contribution in [0.2, 0.25) is 5.02 Å². The van der Waals surface area contributed by atoms with Crippen LogP contribution in [0.15, 0.2) is 40.8 Å². The molecular formula is C26H25ClFN3O7. The van der Waals surface area contributed by atoms with E-state index >= 15 is 0 Å². The Morgan fingerprint density at radius 1 is 1.29 bits per heavy atom. The van der Waals surface area contributed by atoms with Crippen LogP contribution in [-0.4, -0.2) is 77.6 Å². The van der Waals surface area contributed by atoms with E-state index in [2.05, 4.69) is 5.32 Å². The van der Waals surface area contributed by atoms with E-state index < -0.39 is 41.7 Å². The SMILES string of the molecule is COc1cccc(F)c1CNC(=O)[C@@]1(C)COc2c(oc3ccc(Cl)cc23)C(=O)N1CC(=O)N1CC(O)C1. The molecule has 0 bridgehead atoms. The van der Waals surface area contributed by atoms with E-state index in [4.69, 9.17) is 25.5 Å². The van der Waals surface area contributed by atoms with Gasteiger partial charge in [0.1, 0.15) is 30.3 Å². The molecule has 1 fully saturated rings. The van der Waals surface area contributed by atoms with Gasteiger partial charge in [-0.05, 0) is 37.3 Å². The molecule has 200 valence electrons. The second-order valence-corrected chi connectivity index (χ2v) is 9.85. The second-order valence-electron chi connectivity index (χ2n) is 9.41. The summed E-state index contributed by atoms with van der Waals surface area (Å²) in [4.78, 5) is 42.9. The van der Waals surface area contributed by atoms with Crippen molar-refractivity contribution in [2.45, 2.75) is 25.1 Å². The molecule has 2 aromatic carbocycles. The summed E-state index contributed by atoms with van der Waals surface area (Å²) >= 11 is 6.14. The number of hydrogen-bond donors (Lipinski definition) is 2. The highest BCUT2D eigenvalue weighted by Gasteiger charge is 2.49. The summed E-state index contributed by atoms with van der Waals surface area (Å²) in [6, 6.07) is 9.05. The number of methoxy groups -OCH3 is 1. The fourth-order valence-electron chi connectivity index (χ4n) is 4.56. The number of carbonyl (C=O) groups excluding carboxylic acids is 3. The topological polar surface area (TPSA) is 122 Å². The fraction of sp³-hybridized carbons (Fsp3) is 0.346. The first-order valence-electron chi connectivity index (χ1n) is 11.8. The summed E-state index contributed by atoms with van der Waals surface area (Å²) in [6.45, 7) is 0.671. The predicted octanol–water partition coefficient (Wildman–Crippen LogP) is 2.35. The minimum Gasteiger partial charge on any atom is -0.496 e. The number of β-amino-alcohol motifs (C(OH)–C–C–N with tert-alkyl or cyclic N) is 1. The van der Waals surface area contributed by atoms with Gasteiger partial charge in [0.05, 0.1) is 18.6 Å². The Hall–Kier alpha value is -3.83. The van der Waals surface area contributed by atoms with Gasteiger partial charge in [-0.3, -0.25) is 14.4 Å². The van der Waals surface area contributed by atoms with Crippen molar-refractivity contribution in [3.8, 4) is 11.5 Å². The number of carbonyl (C=O) groups is 3. The number of furan rings is 1. The van der Waals surface area contributed by atoms with E-state index in [1.54, 1.807) is 24.3 Å². The van der Waals surface area contributed by atoms with Gasteiger partial charge < -0.3 is 34.1 Å². The molecule has 0 unspecified atom stereocenters. The Morgan fingerprint density at radius 3 is 2.76 bits per heavy atom. The first-order chi connectivity index (χ1) is 18.1. The first kappa shape index (κ1) is 25.8. The second kappa shape index (κ2) is 9.80. The van der Waals surface area contributed by atoms with Gasteiger partial charge >= 0.3 is 0 Å². The van der Waals surface area contributed by atoms with Crippen LogP contribution in [0.5, 0.6) is 11.5 Å². The molecule has 2 aliphatic heterocycles. The smallest absolute Gasteiger partial charge is 0.295 e. The molecule has 10 nitrogen and oxygen atoms in total. The van der Waals surface area contributed by atoms with Crippen LogP contribution in [-0.2, 0) is 16.1 Å². The summed E-state index contributed by atoms with van der Waals surface area (Å²) in [5.41, 5.74) is -1.22. The van der Waals surface area contributed by atoms with E-state index in [-0.39, 0.29) is 49.1 Å². The third kappa shape index (κ3) is 4.41. The number of fused-ring (bicyclic) bond motifs is 3. The highest BCUT2D eigenvalue weighted by atomic mass is 35.5. The number of rotatable bonds is 6. The monoisotopic (exact) mass is 545 g/mol. The summed E-state index contributed by atoms with van der Waals surface area (Å²) in [5, 5.41) is 13.1. The zero-order valence-corrected chi connectivity index (χ0v) is 21.4. The Kier molecular flexibility index (Phi) is 6.66. The van der Waals surface area contributed by atoms with Gasteiger partial charge in [0.25, 0.3) is 5.91 Å². The van der Waals surface area contributed by atoms with E-state index in [0.29, 0.717) is 16.0 Å². The van der Waals surface area contributed by atoms with Gasteiger partial charge in [-0.1, -0.05) is 17.7 Å². The predicted molar refractivity (Wildman–Crippen MR) is 134 cm³/mol. The molecule has 38 heavy (non-hydrogen) atoms. The van der Waals surface area contributed by atoms with Gasteiger partial charge in [-0.25, -0.2) is 4.39 Å². The standard InChI is InChI=1S/C26H25ClFN3O7/c1-26(25(35)29-9-17-18(28)4-3-5-19(17)36-2)13-37-22-16-8-14(27)6-7-20(16)38-23(22)24(34)31(26)12-21(33)30-10-15(32)11-30/h3-8,15,32H,9-13H2,1-2H3,(H,29,35)/t26-/m1/s1. The maximum absolute atomic E-state index is 14.5. The van der Waals surface area contributed by atoms with Crippen molar-refractivity contribution in [1.29, 1.82) is 0 Å². The number of hydrogen-bond acceptors (Lipinski definition) is 7. The van der Waals surface area contributed by atoms with Crippen molar-refractivity contribution in [3.05, 3.63) is 58.6 Å². The van der Waals surface area contributed by atoms with Gasteiger partial charge in [0.15, 0.2) is 11.3 Å². The quantitative estimate of drug-likeness (QED) is 0.487. The number of aliphatic hydroxyl groups is 1. The summed E-state index contributed by atoms with van der Waals surface area (Å²) < 4.78 is 31.4.